The van der Waals surface area contributed by atoms with Crippen LogP contribution in [0.1, 0.15) is 23.2 Å². The summed E-state index contributed by atoms with van der Waals surface area (Å²) in [6, 6.07) is 2.06. The van der Waals surface area contributed by atoms with Gasteiger partial charge in [-0.3, -0.25) is 4.79 Å². The Morgan fingerprint density at radius 2 is 1.84 bits per heavy atom. The number of hydrogen-bond acceptors (Lipinski definition) is 3. The first kappa shape index (κ1) is 13.7. The van der Waals surface area contributed by atoms with Crippen LogP contribution in [0.15, 0.2) is 12.1 Å². The largest absolute Gasteiger partial charge is 0.383 e. The summed E-state index contributed by atoms with van der Waals surface area (Å²) in [6.45, 7) is 1.18. The molecule has 1 fully saturated rings. The van der Waals surface area contributed by atoms with Gasteiger partial charge in [-0.05, 0) is 25.0 Å². The van der Waals surface area contributed by atoms with Gasteiger partial charge in [0.15, 0.2) is 0 Å². The van der Waals surface area contributed by atoms with Gasteiger partial charge in [0.25, 0.3) is 5.91 Å². The Morgan fingerprint density at radius 1 is 1.26 bits per heavy atom. The molecule has 2 N–H and O–H groups in total. The van der Waals surface area contributed by atoms with E-state index in [1.165, 1.54) is 7.05 Å². The number of amides is 1. The quantitative estimate of drug-likeness (QED) is 0.882. The fraction of sp³-hybridized carbons (Fsp3) is 0.462. The first-order chi connectivity index (χ1) is 9.11. The van der Waals surface area contributed by atoms with Crippen molar-refractivity contribution in [2.45, 2.75) is 18.9 Å². The Bertz CT molecular complexity index is 451. The Morgan fingerprint density at radius 3 is 2.37 bits per heavy atom. The van der Waals surface area contributed by atoms with E-state index in [1.54, 1.807) is 0 Å². The number of hydrogen-bond donors (Lipinski definition) is 2. The molecule has 1 aliphatic heterocycles. The number of halogens is 2. The molecule has 1 aromatic rings. The fourth-order valence-electron chi connectivity index (χ4n) is 2.05. The molecule has 1 amide bonds. The number of carbonyl (C=O) groups excluding carboxylic acids is 1. The lowest BCUT2D eigenvalue weighted by Crippen LogP contribution is -2.39. The van der Waals surface area contributed by atoms with Gasteiger partial charge in [-0.1, -0.05) is 0 Å². The van der Waals surface area contributed by atoms with Crippen LogP contribution < -0.4 is 10.6 Å². The molecule has 2 rings (SSSR count). The van der Waals surface area contributed by atoms with Crippen molar-refractivity contribution in [1.82, 2.24) is 5.32 Å². The second kappa shape index (κ2) is 5.97. The fourth-order valence-corrected chi connectivity index (χ4v) is 2.05. The van der Waals surface area contributed by atoms with Crippen LogP contribution >= 0.6 is 0 Å². The molecule has 0 aliphatic carbocycles. The molecule has 0 unspecified atom stereocenters. The van der Waals surface area contributed by atoms with E-state index in [0.717, 1.165) is 12.1 Å². The summed E-state index contributed by atoms with van der Waals surface area (Å²) in [7, 11) is 1.42. The SMILES string of the molecule is CNc1c(F)cc(C(=O)NC2CCOCC2)cc1F. The van der Waals surface area contributed by atoms with Crippen LogP contribution in [-0.2, 0) is 4.74 Å². The van der Waals surface area contributed by atoms with E-state index in [1.807, 2.05) is 0 Å². The van der Waals surface area contributed by atoms with Crippen LogP contribution in [0.25, 0.3) is 0 Å². The molecule has 0 aromatic heterocycles. The van der Waals surface area contributed by atoms with Crippen molar-refractivity contribution in [2.75, 3.05) is 25.6 Å². The summed E-state index contributed by atoms with van der Waals surface area (Å²) in [6.07, 6.45) is 1.43. The summed E-state index contributed by atoms with van der Waals surface area (Å²) in [4.78, 5) is 11.9. The summed E-state index contributed by atoms with van der Waals surface area (Å²) >= 11 is 0. The molecule has 1 aliphatic rings. The second-order valence-corrected chi connectivity index (χ2v) is 4.43. The number of benzene rings is 1. The van der Waals surface area contributed by atoms with Crippen molar-refractivity contribution < 1.29 is 18.3 Å². The van der Waals surface area contributed by atoms with Gasteiger partial charge in [-0.15, -0.1) is 0 Å². The molecule has 0 saturated carbocycles. The van der Waals surface area contributed by atoms with Crippen LogP contribution in [-0.4, -0.2) is 32.2 Å². The van der Waals surface area contributed by atoms with Crippen molar-refractivity contribution in [3.63, 3.8) is 0 Å². The minimum absolute atomic E-state index is 0.00338. The smallest absolute Gasteiger partial charge is 0.251 e. The van der Waals surface area contributed by atoms with Crippen molar-refractivity contribution >= 4 is 11.6 Å². The van der Waals surface area contributed by atoms with Crippen LogP contribution in [0.3, 0.4) is 0 Å². The highest BCUT2D eigenvalue weighted by atomic mass is 19.1. The normalized spacial score (nSPS) is 16.2. The van der Waals surface area contributed by atoms with Crippen molar-refractivity contribution in [2.24, 2.45) is 0 Å². The Balaban J connectivity index is 2.10. The summed E-state index contributed by atoms with van der Waals surface area (Å²) < 4.78 is 32.3. The number of rotatable bonds is 3. The van der Waals surface area contributed by atoms with E-state index in [2.05, 4.69) is 10.6 Å². The minimum Gasteiger partial charge on any atom is -0.383 e. The Labute approximate surface area is 110 Å². The molecule has 1 aromatic carbocycles. The third-order valence-corrected chi connectivity index (χ3v) is 3.11. The zero-order chi connectivity index (χ0) is 13.8. The molecule has 0 radical (unpaired) electrons. The molecule has 104 valence electrons. The molecule has 1 heterocycles. The molecular weight excluding hydrogens is 254 g/mol. The van der Waals surface area contributed by atoms with E-state index in [4.69, 9.17) is 4.74 Å². The van der Waals surface area contributed by atoms with Crippen molar-refractivity contribution in [3.05, 3.63) is 29.3 Å². The van der Waals surface area contributed by atoms with Gasteiger partial charge < -0.3 is 15.4 Å². The maximum atomic E-state index is 13.5. The van der Waals surface area contributed by atoms with Gasteiger partial charge >= 0.3 is 0 Å². The molecule has 1 saturated heterocycles. The van der Waals surface area contributed by atoms with Gasteiger partial charge in [0.2, 0.25) is 0 Å². The average Bonchev–Trinajstić information content (AvgIpc) is 2.39. The first-order valence-electron chi connectivity index (χ1n) is 6.17. The van der Waals surface area contributed by atoms with E-state index in [0.29, 0.717) is 26.1 Å². The lowest BCUT2D eigenvalue weighted by atomic mass is 10.1. The maximum Gasteiger partial charge on any atom is 0.251 e. The predicted molar refractivity (Wildman–Crippen MR) is 67.2 cm³/mol. The molecule has 0 spiro atoms. The summed E-state index contributed by atoms with van der Waals surface area (Å²) in [5, 5.41) is 5.17. The molecule has 19 heavy (non-hydrogen) atoms. The first-order valence-corrected chi connectivity index (χ1v) is 6.17. The highest BCUT2D eigenvalue weighted by molar-refractivity contribution is 5.94. The van der Waals surface area contributed by atoms with Crippen LogP contribution in [0.2, 0.25) is 0 Å². The van der Waals surface area contributed by atoms with Gasteiger partial charge in [-0.25, -0.2) is 8.78 Å². The molecule has 6 heteroatoms. The van der Waals surface area contributed by atoms with Gasteiger partial charge in [-0.2, -0.15) is 0 Å². The van der Waals surface area contributed by atoms with Crippen LogP contribution in [0.4, 0.5) is 14.5 Å². The van der Waals surface area contributed by atoms with E-state index in [9.17, 15) is 13.6 Å². The monoisotopic (exact) mass is 270 g/mol. The Hall–Kier alpha value is -1.69. The lowest BCUT2D eigenvalue weighted by molar-refractivity contribution is 0.0696. The highest BCUT2D eigenvalue weighted by Gasteiger charge is 2.19. The van der Waals surface area contributed by atoms with E-state index in [-0.39, 0.29) is 17.3 Å². The molecule has 4 nitrogen and oxygen atoms in total. The van der Waals surface area contributed by atoms with Crippen molar-refractivity contribution in [3.8, 4) is 0 Å². The number of ether oxygens (including phenoxy) is 1. The molecule has 0 bridgehead atoms. The van der Waals surface area contributed by atoms with Crippen LogP contribution in [0, 0.1) is 11.6 Å². The van der Waals surface area contributed by atoms with E-state index < -0.39 is 17.5 Å². The topological polar surface area (TPSA) is 50.4 Å². The van der Waals surface area contributed by atoms with E-state index >= 15 is 0 Å². The minimum atomic E-state index is -0.778. The molecule has 0 atom stereocenters. The third kappa shape index (κ3) is 3.20. The standard InChI is InChI=1S/C13H16F2N2O2/c1-16-12-10(14)6-8(7-11(12)15)13(18)17-9-2-4-19-5-3-9/h6-7,9,16H,2-5H2,1H3,(H,17,18). The van der Waals surface area contributed by atoms with Gasteiger partial charge in [0, 0.05) is 31.9 Å². The van der Waals surface area contributed by atoms with Gasteiger partial charge in [0.05, 0.1) is 0 Å². The number of anilines is 1. The predicted octanol–water partition coefficient (Wildman–Crippen LogP) is 1.92. The summed E-state index contributed by atoms with van der Waals surface area (Å²) in [5.74, 6) is -2.02. The number of carbonyl (C=O) groups is 1. The third-order valence-electron chi connectivity index (χ3n) is 3.11. The second-order valence-electron chi connectivity index (χ2n) is 4.43. The van der Waals surface area contributed by atoms with Crippen LogP contribution in [0.5, 0.6) is 0 Å². The zero-order valence-electron chi connectivity index (χ0n) is 10.6. The zero-order valence-corrected chi connectivity index (χ0v) is 10.6. The van der Waals surface area contributed by atoms with Gasteiger partial charge in [0.1, 0.15) is 17.3 Å². The lowest BCUT2D eigenvalue weighted by Gasteiger charge is -2.23. The number of nitrogens with one attached hydrogen (secondary N) is 2. The Kier molecular flexibility index (Phi) is 4.31. The highest BCUT2D eigenvalue weighted by Crippen LogP contribution is 2.20. The van der Waals surface area contributed by atoms with Crippen molar-refractivity contribution in [1.29, 1.82) is 0 Å². The average molecular weight is 270 g/mol. The molecular formula is C13H16F2N2O2. The summed E-state index contributed by atoms with van der Waals surface area (Å²) in [5.41, 5.74) is -0.247. The maximum absolute atomic E-state index is 13.5.